The molecule has 200 valence electrons. The maximum Gasteiger partial charge on any atom is 0.245 e. The number of hydrogen-bond acceptors (Lipinski definition) is 7. The number of benzene rings is 2. The van der Waals surface area contributed by atoms with E-state index in [1.165, 1.54) is 16.1 Å². The number of aromatic nitrogens is 3. The summed E-state index contributed by atoms with van der Waals surface area (Å²) in [6, 6.07) is 19.6. The highest BCUT2D eigenvalue weighted by molar-refractivity contribution is 7.92. The molecule has 0 saturated carbocycles. The van der Waals surface area contributed by atoms with Crippen LogP contribution in [0.3, 0.4) is 0 Å². The molecule has 0 amide bonds. The molecular formula is C28H34N6O3S. The van der Waals surface area contributed by atoms with Crippen LogP contribution in [0.5, 0.6) is 0 Å². The first-order valence-electron chi connectivity index (χ1n) is 12.8. The number of anilines is 3. The summed E-state index contributed by atoms with van der Waals surface area (Å²) >= 11 is 0. The minimum absolute atomic E-state index is 0.287. The summed E-state index contributed by atoms with van der Waals surface area (Å²) in [5, 5.41) is 17.7. The van der Waals surface area contributed by atoms with Crippen LogP contribution in [0, 0.1) is 0 Å². The van der Waals surface area contributed by atoms with Gasteiger partial charge in [-0.1, -0.05) is 30.3 Å². The van der Waals surface area contributed by atoms with Crippen molar-refractivity contribution in [3.8, 4) is 11.3 Å². The normalized spacial score (nSPS) is 16.0. The first kappa shape index (κ1) is 26.1. The van der Waals surface area contributed by atoms with E-state index in [1.54, 1.807) is 23.8 Å². The Morgan fingerprint density at radius 1 is 1.08 bits per heavy atom. The zero-order valence-corrected chi connectivity index (χ0v) is 22.8. The van der Waals surface area contributed by atoms with Crippen LogP contribution in [0.25, 0.3) is 16.8 Å². The molecule has 10 heteroatoms. The molecule has 1 atom stereocenters. The number of nitrogens with one attached hydrogen (secondary N) is 1. The summed E-state index contributed by atoms with van der Waals surface area (Å²) < 4.78 is 27.5. The van der Waals surface area contributed by atoms with Gasteiger partial charge in [0.05, 0.1) is 35.5 Å². The van der Waals surface area contributed by atoms with E-state index in [4.69, 9.17) is 5.10 Å². The van der Waals surface area contributed by atoms with Crippen molar-refractivity contribution in [1.29, 1.82) is 0 Å². The summed E-state index contributed by atoms with van der Waals surface area (Å²) in [5.74, 6) is 0.970. The lowest BCUT2D eigenvalue weighted by Crippen LogP contribution is -2.37. The van der Waals surface area contributed by atoms with E-state index >= 15 is 0 Å². The van der Waals surface area contributed by atoms with Crippen LogP contribution in [0.1, 0.15) is 31.2 Å². The second-order valence-electron chi connectivity index (χ2n) is 10.1. The van der Waals surface area contributed by atoms with E-state index < -0.39 is 10.0 Å². The van der Waals surface area contributed by atoms with E-state index in [2.05, 4.69) is 39.5 Å². The van der Waals surface area contributed by atoms with Crippen molar-refractivity contribution in [2.45, 2.75) is 31.8 Å². The number of piperidine rings is 1. The van der Waals surface area contributed by atoms with Gasteiger partial charge in [-0.2, -0.15) is 0 Å². The topological polar surface area (TPSA) is 103 Å². The number of para-hydroxylation sites is 1. The highest BCUT2D eigenvalue weighted by Gasteiger charge is 2.22. The molecule has 2 aromatic carbocycles. The Labute approximate surface area is 223 Å². The fourth-order valence-corrected chi connectivity index (χ4v) is 5.61. The van der Waals surface area contributed by atoms with Gasteiger partial charge in [0.25, 0.3) is 0 Å². The molecule has 0 bridgehead atoms. The smallest absolute Gasteiger partial charge is 0.245 e. The van der Waals surface area contributed by atoms with Crippen molar-refractivity contribution in [2.75, 3.05) is 42.6 Å². The van der Waals surface area contributed by atoms with Crippen molar-refractivity contribution in [3.05, 3.63) is 72.4 Å². The van der Waals surface area contributed by atoms with Crippen LogP contribution >= 0.6 is 0 Å². The zero-order valence-electron chi connectivity index (χ0n) is 21.9. The quantitative estimate of drug-likeness (QED) is 0.351. The Kier molecular flexibility index (Phi) is 7.38. The maximum absolute atomic E-state index is 12.2. The van der Waals surface area contributed by atoms with Crippen LogP contribution in [-0.4, -0.2) is 72.1 Å². The van der Waals surface area contributed by atoms with Crippen LogP contribution in [-0.2, 0) is 10.0 Å². The predicted molar refractivity (Wildman–Crippen MR) is 151 cm³/mol. The second-order valence-corrected chi connectivity index (χ2v) is 12.1. The molecule has 2 aromatic heterocycles. The van der Waals surface area contributed by atoms with Gasteiger partial charge >= 0.3 is 0 Å². The van der Waals surface area contributed by atoms with Crippen LogP contribution < -0.4 is 9.62 Å². The van der Waals surface area contributed by atoms with Gasteiger partial charge in [-0.15, -0.1) is 5.10 Å². The number of hydrogen-bond donors (Lipinski definition) is 2. The third kappa shape index (κ3) is 5.67. The average molecular weight is 535 g/mol. The molecule has 2 N–H and O–H groups in total. The van der Waals surface area contributed by atoms with Crippen LogP contribution in [0.15, 0.2) is 66.9 Å². The van der Waals surface area contributed by atoms with Gasteiger partial charge < -0.3 is 15.3 Å². The average Bonchev–Trinajstić information content (AvgIpc) is 3.31. The van der Waals surface area contributed by atoms with Gasteiger partial charge in [-0.05, 0) is 74.7 Å². The number of rotatable bonds is 8. The fourth-order valence-electron chi connectivity index (χ4n) is 5.10. The number of likely N-dealkylation sites (tertiary alicyclic amines) is 1. The lowest BCUT2D eigenvalue weighted by Gasteiger charge is -2.32. The van der Waals surface area contributed by atoms with Gasteiger partial charge in [-0.25, -0.2) is 17.9 Å². The van der Waals surface area contributed by atoms with Crippen molar-refractivity contribution in [1.82, 2.24) is 19.5 Å². The maximum atomic E-state index is 12.2. The molecule has 0 aliphatic carbocycles. The molecule has 1 aliphatic rings. The summed E-state index contributed by atoms with van der Waals surface area (Å²) in [6.45, 7) is 4.59. The van der Waals surface area contributed by atoms with Gasteiger partial charge in [-0.3, -0.25) is 4.31 Å². The largest absolute Gasteiger partial charge is 0.392 e. The number of aliphatic hydroxyl groups is 1. The van der Waals surface area contributed by atoms with Gasteiger partial charge in [0.15, 0.2) is 0 Å². The van der Waals surface area contributed by atoms with Gasteiger partial charge in [0, 0.05) is 24.8 Å². The van der Waals surface area contributed by atoms with Gasteiger partial charge in [0.1, 0.15) is 0 Å². The molecule has 1 saturated heterocycles. The van der Waals surface area contributed by atoms with Crippen molar-refractivity contribution in [3.63, 3.8) is 0 Å². The Balaban J connectivity index is 1.34. The van der Waals surface area contributed by atoms with E-state index in [0.717, 1.165) is 54.9 Å². The Morgan fingerprint density at radius 2 is 1.79 bits per heavy atom. The Bertz CT molecular complexity index is 1510. The third-order valence-corrected chi connectivity index (χ3v) is 8.36. The molecule has 1 fully saturated rings. The van der Waals surface area contributed by atoms with Crippen molar-refractivity contribution in [2.24, 2.45) is 0 Å². The summed E-state index contributed by atoms with van der Waals surface area (Å²) in [6.07, 6.45) is 4.83. The molecule has 38 heavy (non-hydrogen) atoms. The molecule has 9 nitrogen and oxygen atoms in total. The van der Waals surface area contributed by atoms with E-state index in [-0.39, 0.29) is 6.10 Å². The SMILES string of the molecule is C[C@H](O)CN1CCC(c2ccc(Nc3ncc4ccc(-c5ccccc5N(C)S(C)(=O)=O)n4n3)cc2)CC1. The molecule has 5 rings (SSSR count). The minimum Gasteiger partial charge on any atom is -0.392 e. The van der Waals surface area contributed by atoms with Crippen LogP contribution in [0.4, 0.5) is 17.3 Å². The Hall–Kier alpha value is -3.47. The molecule has 1 aliphatic heterocycles. The van der Waals surface area contributed by atoms with Gasteiger partial charge in [0.2, 0.25) is 16.0 Å². The number of nitrogens with zero attached hydrogens (tertiary/aromatic N) is 5. The standard InChI is InChI=1S/C28H34N6O3S/c1-20(35)19-33-16-14-22(15-17-33)21-8-10-23(11-9-21)30-28-29-18-24-12-13-27(34(24)31-28)25-6-4-5-7-26(25)32(2)38(3,36)37/h4-13,18,20,22,35H,14-17,19H2,1-3H3,(H,30,31)/t20-/m0/s1. The number of β-amino-alcohol motifs (C(OH)–C–C–N with tert-alkyl or cyclic N) is 1. The third-order valence-electron chi connectivity index (χ3n) is 7.16. The molecular weight excluding hydrogens is 500 g/mol. The first-order chi connectivity index (χ1) is 18.2. The molecule has 4 aromatic rings. The number of fused-ring (bicyclic) bond motifs is 1. The van der Waals surface area contributed by atoms with E-state index in [9.17, 15) is 13.5 Å². The molecule has 0 spiro atoms. The molecule has 0 radical (unpaired) electrons. The second kappa shape index (κ2) is 10.7. The summed E-state index contributed by atoms with van der Waals surface area (Å²) in [7, 11) is -1.87. The summed E-state index contributed by atoms with van der Waals surface area (Å²) in [4.78, 5) is 6.81. The van der Waals surface area contributed by atoms with Crippen LogP contribution in [0.2, 0.25) is 0 Å². The van der Waals surface area contributed by atoms with E-state index in [0.29, 0.717) is 17.6 Å². The van der Waals surface area contributed by atoms with Crippen molar-refractivity contribution >= 4 is 32.9 Å². The molecule has 0 unspecified atom stereocenters. The first-order valence-corrected chi connectivity index (χ1v) is 14.7. The highest BCUT2D eigenvalue weighted by Crippen LogP contribution is 2.33. The highest BCUT2D eigenvalue weighted by atomic mass is 32.2. The minimum atomic E-state index is -3.42. The number of aliphatic hydroxyl groups excluding tert-OH is 1. The number of sulfonamides is 1. The predicted octanol–water partition coefficient (Wildman–Crippen LogP) is 4.10. The van der Waals surface area contributed by atoms with Crippen molar-refractivity contribution < 1.29 is 13.5 Å². The molecule has 3 heterocycles. The lowest BCUT2D eigenvalue weighted by molar-refractivity contribution is 0.109. The zero-order chi connectivity index (χ0) is 26.9. The Morgan fingerprint density at radius 3 is 2.47 bits per heavy atom. The fraction of sp³-hybridized carbons (Fsp3) is 0.357. The summed E-state index contributed by atoms with van der Waals surface area (Å²) in [5.41, 5.74) is 5.13. The van der Waals surface area contributed by atoms with E-state index in [1.807, 2.05) is 37.3 Å². The monoisotopic (exact) mass is 534 g/mol. The lowest BCUT2D eigenvalue weighted by atomic mass is 9.89.